The van der Waals surface area contributed by atoms with E-state index in [1.807, 2.05) is 25.1 Å². The fourth-order valence-corrected chi connectivity index (χ4v) is 3.23. The first kappa shape index (κ1) is 16.2. The molecule has 1 N–H and O–H groups in total. The van der Waals surface area contributed by atoms with E-state index >= 15 is 0 Å². The Morgan fingerprint density at radius 1 is 1.23 bits per heavy atom. The molecule has 130 valence electrons. The van der Waals surface area contributed by atoms with E-state index in [-0.39, 0.29) is 11.5 Å². The minimum absolute atomic E-state index is 0.253. The Morgan fingerprint density at radius 2 is 2.04 bits per heavy atom. The number of amides is 1. The molecule has 2 aromatic rings. The first-order valence-corrected chi connectivity index (χ1v) is 8.94. The number of fused-ring (bicyclic) bond motifs is 1. The molecule has 8 heteroatoms. The van der Waals surface area contributed by atoms with Crippen molar-refractivity contribution in [1.82, 2.24) is 19.3 Å². The Balaban J connectivity index is 1.87. The summed E-state index contributed by atoms with van der Waals surface area (Å²) in [5.74, 6) is -0.342. The number of carbonyl (C=O) groups excluding carboxylic acids is 1. The number of pyridine rings is 1. The zero-order chi connectivity index (χ0) is 18.1. The van der Waals surface area contributed by atoms with Crippen molar-refractivity contribution in [3.8, 4) is 16.9 Å². The van der Waals surface area contributed by atoms with Crippen molar-refractivity contribution in [1.29, 1.82) is 0 Å². The molecule has 2 aliphatic heterocycles. The van der Waals surface area contributed by atoms with E-state index in [1.54, 1.807) is 40.7 Å². The zero-order valence-electron chi connectivity index (χ0n) is 13.9. The van der Waals surface area contributed by atoms with Crippen LogP contribution in [0.25, 0.3) is 16.9 Å². The summed E-state index contributed by atoms with van der Waals surface area (Å²) in [7, 11) is 0. The van der Waals surface area contributed by atoms with Gasteiger partial charge in [0.1, 0.15) is 5.69 Å². The van der Waals surface area contributed by atoms with Crippen LogP contribution in [-0.4, -0.2) is 25.2 Å². The largest absolute Gasteiger partial charge is 0.353 e. The van der Waals surface area contributed by atoms with Gasteiger partial charge in [-0.2, -0.15) is 9.78 Å². The molecule has 0 radical (unpaired) electrons. The van der Waals surface area contributed by atoms with Gasteiger partial charge in [-0.25, -0.2) is 4.98 Å². The molecule has 0 saturated heterocycles. The Hall–Kier alpha value is -3.26. The molecule has 0 atom stereocenters. The summed E-state index contributed by atoms with van der Waals surface area (Å²) in [6.45, 7) is 2.57. The lowest BCUT2D eigenvalue weighted by Gasteiger charge is -2.10. The second-order valence-electron chi connectivity index (χ2n) is 5.61. The summed E-state index contributed by atoms with van der Waals surface area (Å²) >= 11 is 1.33. The number of benzene rings is 1. The quantitative estimate of drug-likeness (QED) is 0.603. The second-order valence-corrected chi connectivity index (χ2v) is 6.50. The van der Waals surface area contributed by atoms with E-state index < -0.39 is 0 Å². The number of nitrogens with one attached hydrogen (secondary N) is 1. The van der Waals surface area contributed by atoms with Crippen molar-refractivity contribution in [3.63, 3.8) is 0 Å². The van der Waals surface area contributed by atoms with Crippen LogP contribution in [0.5, 0.6) is 0 Å². The average molecular weight is 365 g/mol. The molecule has 0 saturated carbocycles. The van der Waals surface area contributed by atoms with Gasteiger partial charge in [0.2, 0.25) is 0 Å². The summed E-state index contributed by atoms with van der Waals surface area (Å²) in [4.78, 5) is 29.6. The molecular formula is C18H15N5O2S. The Bertz CT molecular complexity index is 1080. The van der Waals surface area contributed by atoms with Crippen LogP contribution in [0.4, 0.5) is 5.13 Å². The van der Waals surface area contributed by atoms with Crippen molar-refractivity contribution < 1.29 is 4.79 Å². The number of hydrogen-bond acceptors (Lipinski definition) is 5. The van der Waals surface area contributed by atoms with E-state index in [2.05, 4.69) is 15.4 Å². The van der Waals surface area contributed by atoms with Gasteiger partial charge >= 0.3 is 0 Å². The Morgan fingerprint density at radius 3 is 2.73 bits per heavy atom. The van der Waals surface area contributed by atoms with Gasteiger partial charge in [-0.05, 0) is 19.1 Å². The van der Waals surface area contributed by atoms with Gasteiger partial charge in [0, 0.05) is 30.5 Å². The number of hydrogen-bond donors (Lipinski definition) is 1. The van der Waals surface area contributed by atoms with Crippen LogP contribution >= 0.6 is 11.3 Å². The minimum atomic E-state index is -0.342. The number of carbonyl (C=O) groups is 1. The predicted molar refractivity (Wildman–Crippen MR) is 100 cm³/mol. The van der Waals surface area contributed by atoms with Crippen LogP contribution in [0.3, 0.4) is 0 Å². The van der Waals surface area contributed by atoms with Crippen LogP contribution < -0.4 is 10.9 Å². The third kappa shape index (κ3) is 2.80. The molecule has 1 aromatic carbocycles. The van der Waals surface area contributed by atoms with Gasteiger partial charge in [0.15, 0.2) is 5.13 Å². The molecule has 0 bridgehead atoms. The second kappa shape index (κ2) is 6.57. The molecule has 1 aromatic heterocycles. The number of anilines is 1. The highest BCUT2D eigenvalue weighted by molar-refractivity contribution is 7.13. The van der Waals surface area contributed by atoms with Crippen molar-refractivity contribution in [2.75, 3.05) is 5.32 Å². The van der Waals surface area contributed by atoms with Gasteiger partial charge in [-0.3, -0.25) is 14.9 Å². The fourth-order valence-electron chi connectivity index (χ4n) is 2.70. The zero-order valence-corrected chi connectivity index (χ0v) is 14.7. The number of para-hydroxylation sites is 1. The lowest BCUT2D eigenvalue weighted by molar-refractivity contribution is 0.102. The van der Waals surface area contributed by atoms with E-state index in [0.717, 1.165) is 0 Å². The van der Waals surface area contributed by atoms with Crippen molar-refractivity contribution in [2.24, 2.45) is 0 Å². The molecule has 0 fully saturated rings. The first-order chi connectivity index (χ1) is 12.7. The summed E-state index contributed by atoms with van der Waals surface area (Å²) in [5, 5.41) is 9.46. The van der Waals surface area contributed by atoms with Gasteiger partial charge in [0.05, 0.1) is 16.8 Å². The van der Waals surface area contributed by atoms with Crippen LogP contribution in [0.1, 0.15) is 17.3 Å². The third-order valence-electron chi connectivity index (χ3n) is 3.99. The summed E-state index contributed by atoms with van der Waals surface area (Å²) in [5.41, 5.74) is 1.52. The molecule has 3 heterocycles. The maximum absolute atomic E-state index is 12.8. The van der Waals surface area contributed by atoms with Gasteiger partial charge < -0.3 is 4.57 Å². The molecule has 2 aliphatic rings. The summed E-state index contributed by atoms with van der Waals surface area (Å²) < 4.78 is 3.13. The number of aromatic nitrogens is 4. The fraction of sp³-hybridized carbons (Fsp3) is 0.111. The van der Waals surface area contributed by atoms with Gasteiger partial charge in [-0.15, -0.1) is 11.3 Å². The summed E-state index contributed by atoms with van der Waals surface area (Å²) in [6, 6.07) is 9.15. The highest BCUT2D eigenvalue weighted by Crippen LogP contribution is 2.23. The van der Waals surface area contributed by atoms with Crippen LogP contribution in [0.15, 0.2) is 59.1 Å². The highest BCUT2D eigenvalue weighted by atomic mass is 32.1. The van der Waals surface area contributed by atoms with Crippen molar-refractivity contribution in [3.05, 3.63) is 70.2 Å². The number of aryl methyl sites for hydroxylation is 1. The molecule has 0 spiro atoms. The van der Waals surface area contributed by atoms with E-state index in [0.29, 0.717) is 34.2 Å². The average Bonchev–Trinajstić information content (AvgIpc) is 3.30. The maximum Gasteiger partial charge on any atom is 0.282 e. The lowest BCUT2D eigenvalue weighted by atomic mass is 10.1. The molecule has 7 nitrogen and oxygen atoms in total. The Kier molecular flexibility index (Phi) is 4.10. The third-order valence-corrected chi connectivity index (χ3v) is 4.67. The molecule has 4 rings (SSSR count). The minimum Gasteiger partial charge on any atom is -0.353 e. The molecule has 0 unspecified atom stereocenters. The summed E-state index contributed by atoms with van der Waals surface area (Å²) in [6.07, 6.45) is 5.05. The lowest BCUT2D eigenvalue weighted by Crippen LogP contribution is -2.17. The molecular weight excluding hydrogens is 350 g/mol. The first-order valence-electron chi connectivity index (χ1n) is 8.06. The number of rotatable bonds is 4. The van der Waals surface area contributed by atoms with Crippen molar-refractivity contribution in [2.45, 2.75) is 13.5 Å². The monoisotopic (exact) mass is 365 g/mol. The van der Waals surface area contributed by atoms with Crippen LogP contribution in [0, 0.1) is 0 Å². The van der Waals surface area contributed by atoms with Crippen LogP contribution in [0.2, 0.25) is 0 Å². The predicted octanol–water partition coefficient (Wildman–Crippen LogP) is 2.87. The van der Waals surface area contributed by atoms with Crippen molar-refractivity contribution >= 4 is 22.4 Å². The normalized spacial score (nSPS) is 11.0. The topological polar surface area (TPSA) is 81.8 Å². The maximum atomic E-state index is 12.8. The SMILES string of the molecule is CCn1cc(C(=O)Nc2nccs2)c2nn(-c3ccccc3)c(=O)c-2c1. The van der Waals surface area contributed by atoms with Gasteiger partial charge in [0.25, 0.3) is 11.5 Å². The molecule has 0 aliphatic carbocycles. The van der Waals surface area contributed by atoms with E-state index in [9.17, 15) is 9.59 Å². The van der Waals surface area contributed by atoms with Crippen LogP contribution in [-0.2, 0) is 6.54 Å². The molecule has 26 heavy (non-hydrogen) atoms. The highest BCUT2D eigenvalue weighted by Gasteiger charge is 2.24. The Labute approximate surface area is 152 Å². The molecule has 1 amide bonds. The standard InChI is InChI=1S/C18H15N5O2S/c1-2-22-10-13(16(24)20-18-19-8-9-26-18)15-14(11-22)17(25)23(21-15)12-6-4-3-5-7-12/h3-11H,2H2,1H3,(H,19,20,24). The van der Waals surface area contributed by atoms with E-state index in [1.165, 1.54) is 16.0 Å². The number of thiazole rings is 1. The van der Waals surface area contributed by atoms with E-state index in [4.69, 9.17) is 0 Å². The van der Waals surface area contributed by atoms with Gasteiger partial charge in [-0.1, -0.05) is 18.2 Å². The smallest absolute Gasteiger partial charge is 0.282 e. The number of nitrogens with zero attached hydrogens (tertiary/aromatic N) is 4.